The van der Waals surface area contributed by atoms with Gasteiger partial charge in [-0.15, -0.1) is 0 Å². The van der Waals surface area contributed by atoms with E-state index >= 15 is 0 Å². The van der Waals surface area contributed by atoms with Gasteiger partial charge in [-0.3, -0.25) is 0 Å². The van der Waals surface area contributed by atoms with E-state index in [0.717, 1.165) is 19.2 Å². The van der Waals surface area contributed by atoms with Crippen molar-refractivity contribution in [1.82, 2.24) is 0 Å². The fourth-order valence-corrected chi connectivity index (χ4v) is 4.69. The van der Waals surface area contributed by atoms with E-state index in [2.05, 4.69) is 109 Å². The van der Waals surface area contributed by atoms with Crippen LogP contribution in [0.3, 0.4) is 0 Å². The van der Waals surface area contributed by atoms with E-state index in [9.17, 15) is 0 Å². The number of fused-ring (bicyclic) bond motifs is 4. The molecule has 0 amide bonds. The molecule has 0 aliphatic heterocycles. The SMILES string of the molecule is CC(C)(C)C(C)(C)C[B]c1ccc2c(c1)-c1cc3c(cc1C2)CC(c1ccccc1)=C3. The molecule has 2 aliphatic rings. The molecule has 0 spiro atoms. The molecular weight excluding hydrogens is 371 g/mol. The molecule has 2 aliphatic carbocycles. The Kier molecular flexibility index (Phi) is 4.77. The van der Waals surface area contributed by atoms with Gasteiger partial charge in [-0.2, -0.15) is 0 Å². The van der Waals surface area contributed by atoms with Crippen LogP contribution in [-0.2, 0) is 12.8 Å². The standard InChI is InChI=1S/C30H32B/c1-29(2,3)30(4,5)19-31-26-12-11-21-13-25-16-23-14-22(20-9-7-6-8-10-20)15-24(23)17-27(25)28(21)18-26/h6-12,15-18H,13-14,19H2,1-5H3. The molecule has 0 atom stereocenters. The summed E-state index contributed by atoms with van der Waals surface area (Å²) in [7, 11) is 2.43. The van der Waals surface area contributed by atoms with E-state index < -0.39 is 0 Å². The van der Waals surface area contributed by atoms with Gasteiger partial charge in [0.1, 0.15) is 0 Å². The van der Waals surface area contributed by atoms with E-state index in [1.165, 1.54) is 50.0 Å². The summed E-state index contributed by atoms with van der Waals surface area (Å²) in [6.45, 7) is 11.8. The van der Waals surface area contributed by atoms with Gasteiger partial charge in [-0.1, -0.05) is 107 Å². The molecule has 0 aromatic heterocycles. The lowest BCUT2D eigenvalue weighted by atomic mass is 9.53. The molecule has 31 heavy (non-hydrogen) atoms. The number of rotatable bonds is 4. The molecule has 0 saturated carbocycles. The van der Waals surface area contributed by atoms with Crippen molar-refractivity contribution in [3.05, 3.63) is 88.5 Å². The fourth-order valence-electron chi connectivity index (χ4n) is 4.69. The van der Waals surface area contributed by atoms with Crippen LogP contribution in [0.4, 0.5) is 0 Å². The van der Waals surface area contributed by atoms with Crippen LogP contribution in [0.1, 0.15) is 62.4 Å². The zero-order valence-electron chi connectivity index (χ0n) is 19.5. The summed E-state index contributed by atoms with van der Waals surface area (Å²) in [6, 6.07) is 22.8. The second-order valence-electron chi connectivity index (χ2n) is 11.1. The number of hydrogen-bond donors (Lipinski definition) is 0. The van der Waals surface area contributed by atoms with Gasteiger partial charge in [-0.05, 0) is 74.3 Å². The van der Waals surface area contributed by atoms with Crippen LogP contribution in [0, 0.1) is 10.8 Å². The largest absolute Gasteiger partial charge is 0.152 e. The van der Waals surface area contributed by atoms with Gasteiger partial charge in [0.15, 0.2) is 7.28 Å². The fraction of sp³-hybridized carbons (Fsp3) is 0.333. The topological polar surface area (TPSA) is 0 Å². The van der Waals surface area contributed by atoms with Gasteiger partial charge in [0, 0.05) is 0 Å². The van der Waals surface area contributed by atoms with Gasteiger partial charge >= 0.3 is 0 Å². The van der Waals surface area contributed by atoms with Gasteiger partial charge in [-0.25, -0.2) is 0 Å². The minimum Gasteiger partial charge on any atom is -0.0872 e. The van der Waals surface area contributed by atoms with Gasteiger partial charge in [0.2, 0.25) is 0 Å². The van der Waals surface area contributed by atoms with Gasteiger partial charge in [0.05, 0.1) is 0 Å². The molecule has 1 radical (unpaired) electrons. The Hall–Kier alpha value is -2.54. The molecule has 3 aromatic rings. The van der Waals surface area contributed by atoms with Crippen molar-refractivity contribution in [2.24, 2.45) is 10.8 Å². The Balaban J connectivity index is 1.43. The number of hydrogen-bond acceptors (Lipinski definition) is 0. The van der Waals surface area contributed by atoms with Crippen LogP contribution in [-0.4, -0.2) is 7.28 Å². The first-order chi connectivity index (χ1) is 14.7. The molecule has 0 nitrogen and oxygen atoms in total. The smallest absolute Gasteiger partial charge is 0.0872 e. The van der Waals surface area contributed by atoms with E-state index in [-0.39, 0.29) is 10.8 Å². The first-order valence-corrected chi connectivity index (χ1v) is 11.6. The maximum absolute atomic E-state index is 2.46. The van der Waals surface area contributed by atoms with Crippen LogP contribution >= 0.6 is 0 Å². The summed E-state index contributed by atoms with van der Waals surface area (Å²) in [5, 5.41) is 0. The first kappa shape index (κ1) is 20.4. The number of benzene rings is 3. The molecule has 155 valence electrons. The summed E-state index contributed by atoms with van der Waals surface area (Å²) >= 11 is 0. The average molecular weight is 403 g/mol. The van der Waals surface area contributed by atoms with Crippen LogP contribution in [0.2, 0.25) is 6.32 Å². The highest BCUT2D eigenvalue weighted by Gasteiger charge is 2.32. The quantitative estimate of drug-likeness (QED) is 0.317. The highest BCUT2D eigenvalue weighted by atomic mass is 14.3. The third-order valence-corrected chi connectivity index (χ3v) is 7.90. The van der Waals surface area contributed by atoms with Crippen molar-refractivity contribution in [2.75, 3.05) is 0 Å². The predicted molar refractivity (Wildman–Crippen MR) is 136 cm³/mol. The lowest BCUT2D eigenvalue weighted by Gasteiger charge is -2.39. The molecule has 5 rings (SSSR count). The Morgan fingerprint density at radius 1 is 0.742 bits per heavy atom. The van der Waals surface area contributed by atoms with Crippen LogP contribution < -0.4 is 5.46 Å². The van der Waals surface area contributed by atoms with Crippen molar-refractivity contribution < 1.29 is 0 Å². The third kappa shape index (κ3) is 3.69. The molecule has 0 unspecified atom stereocenters. The molecular formula is C30H32B. The predicted octanol–water partition coefficient (Wildman–Crippen LogP) is 7.17. The zero-order chi connectivity index (χ0) is 21.8. The molecule has 0 N–H and O–H groups in total. The molecule has 3 aromatic carbocycles. The van der Waals surface area contributed by atoms with E-state index in [1.807, 2.05) is 0 Å². The minimum atomic E-state index is 0.267. The monoisotopic (exact) mass is 403 g/mol. The maximum atomic E-state index is 2.46. The van der Waals surface area contributed by atoms with Crippen molar-refractivity contribution in [2.45, 2.75) is 53.8 Å². The number of allylic oxidation sites excluding steroid dienone is 1. The van der Waals surface area contributed by atoms with Gasteiger partial charge < -0.3 is 0 Å². The highest BCUT2D eigenvalue weighted by molar-refractivity contribution is 6.53. The maximum Gasteiger partial charge on any atom is 0.152 e. The second kappa shape index (κ2) is 7.26. The summed E-state index contributed by atoms with van der Waals surface area (Å²) in [5.41, 5.74) is 13.4. The third-order valence-electron chi connectivity index (χ3n) is 7.90. The average Bonchev–Trinajstić information content (AvgIpc) is 3.30. The van der Waals surface area contributed by atoms with E-state index in [4.69, 9.17) is 0 Å². The first-order valence-electron chi connectivity index (χ1n) is 11.6. The van der Waals surface area contributed by atoms with E-state index in [0.29, 0.717) is 0 Å². The Morgan fingerprint density at radius 3 is 2.23 bits per heavy atom. The second-order valence-corrected chi connectivity index (χ2v) is 11.1. The summed E-state index contributed by atoms with van der Waals surface area (Å²) < 4.78 is 0. The van der Waals surface area contributed by atoms with E-state index in [1.54, 1.807) is 0 Å². The molecule has 0 heterocycles. The normalized spacial score (nSPS) is 14.7. The van der Waals surface area contributed by atoms with Crippen molar-refractivity contribution in [3.63, 3.8) is 0 Å². The van der Waals surface area contributed by atoms with Crippen LogP contribution in [0.15, 0.2) is 60.7 Å². The lowest BCUT2D eigenvalue weighted by molar-refractivity contribution is 0.157. The molecule has 0 saturated heterocycles. The van der Waals surface area contributed by atoms with Crippen LogP contribution in [0.25, 0.3) is 22.8 Å². The summed E-state index contributed by atoms with van der Waals surface area (Å²) in [6.07, 6.45) is 5.59. The van der Waals surface area contributed by atoms with Crippen molar-refractivity contribution >= 4 is 24.4 Å². The minimum absolute atomic E-state index is 0.267. The summed E-state index contributed by atoms with van der Waals surface area (Å²) in [4.78, 5) is 0. The Bertz CT molecular complexity index is 1170. The van der Waals surface area contributed by atoms with Crippen molar-refractivity contribution in [1.29, 1.82) is 0 Å². The van der Waals surface area contributed by atoms with Crippen molar-refractivity contribution in [3.8, 4) is 11.1 Å². The Labute approximate surface area is 188 Å². The summed E-state index contributed by atoms with van der Waals surface area (Å²) in [5.74, 6) is 0. The van der Waals surface area contributed by atoms with Gasteiger partial charge in [0.25, 0.3) is 0 Å². The molecule has 0 fully saturated rings. The zero-order valence-corrected chi connectivity index (χ0v) is 19.5. The van der Waals surface area contributed by atoms with Crippen LogP contribution in [0.5, 0.6) is 0 Å². The Morgan fingerprint density at radius 2 is 1.48 bits per heavy atom. The molecule has 0 bridgehead atoms. The molecule has 1 heteroatoms. The lowest BCUT2D eigenvalue weighted by Crippen LogP contribution is -2.33. The highest BCUT2D eigenvalue weighted by Crippen LogP contribution is 2.43.